The third-order valence-electron chi connectivity index (χ3n) is 2.92. The smallest absolute Gasteiger partial charge is 0.101 e. The van der Waals surface area contributed by atoms with Crippen LogP contribution in [0.25, 0.3) is 17.3 Å². The van der Waals surface area contributed by atoms with Crippen molar-refractivity contribution in [1.29, 1.82) is 0 Å². The molecule has 3 rings (SSSR count). The van der Waals surface area contributed by atoms with Crippen LogP contribution in [-0.2, 0) is 0 Å². The first-order valence-electron chi connectivity index (χ1n) is 5.61. The molecule has 86 valence electrons. The van der Waals surface area contributed by atoms with Crippen LogP contribution in [0.4, 0.5) is 5.69 Å². The molecule has 1 aliphatic heterocycles. The Morgan fingerprint density at radius 3 is 2.76 bits per heavy atom. The number of benzene rings is 1. The molecule has 0 amide bonds. The number of rotatable bonds is 1. The lowest BCUT2D eigenvalue weighted by Crippen LogP contribution is -2.33. The van der Waals surface area contributed by atoms with Crippen LogP contribution in [-0.4, -0.2) is 11.1 Å². The van der Waals surface area contributed by atoms with Crippen molar-refractivity contribution in [3.05, 3.63) is 41.0 Å². The molecule has 0 spiro atoms. The number of hydrogen-bond acceptors (Lipinski definition) is 3. The average Bonchev–Trinajstić information content (AvgIpc) is 2.72. The topological polar surface area (TPSA) is 80.2 Å². The predicted molar refractivity (Wildman–Crippen MR) is 68.5 cm³/mol. The molecule has 4 heteroatoms. The van der Waals surface area contributed by atoms with Gasteiger partial charge in [0.15, 0.2) is 0 Å². The second-order valence-electron chi connectivity index (χ2n) is 4.24. The van der Waals surface area contributed by atoms with E-state index in [9.17, 15) is 0 Å². The number of aromatic nitrogens is 1. The van der Waals surface area contributed by atoms with E-state index in [1.807, 2.05) is 30.3 Å². The Labute approximate surface area is 98.7 Å². The van der Waals surface area contributed by atoms with Gasteiger partial charge in [0.25, 0.3) is 0 Å². The quantitative estimate of drug-likeness (QED) is 0.613. The van der Waals surface area contributed by atoms with E-state index in [1.165, 1.54) is 0 Å². The minimum atomic E-state index is -0.113. The molecule has 2 aromatic rings. The molecule has 1 aromatic carbocycles. The van der Waals surface area contributed by atoms with Crippen LogP contribution in [0.15, 0.2) is 35.3 Å². The van der Waals surface area contributed by atoms with Crippen LogP contribution in [0.3, 0.4) is 0 Å². The van der Waals surface area contributed by atoms with Gasteiger partial charge in [-0.3, -0.25) is 4.99 Å². The summed E-state index contributed by atoms with van der Waals surface area (Å²) in [4.78, 5) is 7.74. The lowest BCUT2D eigenvalue weighted by atomic mass is 10.1. The Morgan fingerprint density at radius 2 is 2.00 bits per heavy atom. The van der Waals surface area contributed by atoms with Crippen LogP contribution in [0.2, 0.25) is 0 Å². The fourth-order valence-electron chi connectivity index (χ4n) is 2.01. The van der Waals surface area contributed by atoms with Gasteiger partial charge < -0.3 is 16.5 Å². The zero-order chi connectivity index (χ0) is 11.8. The summed E-state index contributed by atoms with van der Waals surface area (Å²) in [7, 11) is 0. The van der Waals surface area contributed by atoms with E-state index >= 15 is 0 Å². The molecular formula is C13H14N4. The van der Waals surface area contributed by atoms with Crippen LogP contribution in [0, 0.1) is 0 Å². The van der Waals surface area contributed by atoms with E-state index in [0.29, 0.717) is 0 Å². The second kappa shape index (κ2) is 3.75. The maximum Gasteiger partial charge on any atom is 0.101 e. The van der Waals surface area contributed by atoms with Crippen molar-refractivity contribution in [2.45, 2.75) is 12.6 Å². The minimum absolute atomic E-state index is 0.113. The van der Waals surface area contributed by atoms with Gasteiger partial charge in [-0.1, -0.05) is 18.2 Å². The van der Waals surface area contributed by atoms with Crippen molar-refractivity contribution < 1.29 is 0 Å². The lowest BCUT2D eigenvalue weighted by molar-refractivity contribution is 0.703. The van der Waals surface area contributed by atoms with Crippen molar-refractivity contribution >= 4 is 11.8 Å². The summed E-state index contributed by atoms with van der Waals surface area (Å²) < 4.78 is 0. The van der Waals surface area contributed by atoms with Gasteiger partial charge in [0.05, 0.1) is 10.7 Å². The van der Waals surface area contributed by atoms with Crippen molar-refractivity contribution in [1.82, 2.24) is 4.98 Å². The highest BCUT2D eigenvalue weighted by atomic mass is 14.9. The molecule has 2 heterocycles. The van der Waals surface area contributed by atoms with Gasteiger partial charge in [-0.05, 0) is 23.8 Å². The number of H-pyrrole nitrogens is 1. The SMILES string of the molecule is Nc1ccc(-c2cc3c([nH]2)=CCC(N)N=3)cc1. The first-order chi connectivity index (χ1) is 8.22. The maximum atomic E-state index is 5.79. The van der Waals surface area contributed by atoms with Crippen molar-refractivity contribution in [3.8, 4) is 11.3 Å². The van der Waals surface area contributed by atoms with Gasteiger partial charge in [-0.15, -0.1) is 0 Å². The Balaban J connectivity index is 2.12. The van der Waals surface area contributed by atoms with Gasteiger partial charge in [-0.2, -0.15) is 0 Å². The van der Waals surface area contributed by atoms with Crippen LogP contribution >= 0.6 is 0 Å². The summed E-state index contributed by atoms with van der Waals surface area (Å²) >= 11 is 0. The number of nitrogens with zero attached hydrogens (tertiary/aromatic N) is 1. The summed E-state index contributed by atoms with van der Waals surface area (Å²) in [5.41, 5.74) is 14.4. The molecule has 1 atom stereocenters. The van der Waals surface area contributed by atoms with E-state index in [1.54, 1.807) is 0 Å². The van der Waals surface area contributed by atoms with Gasteiger partial charge in [0, 0.05) is 17.8 Å². The fourth-order valence-corrected chi connectivity index (χ4v) is 2.01. The largest absolute Gasteiger partial charge is 0.399 e. The Hall–Kier alpha value is -2.07. The zero-order valence-electron chi connectivity index (χ0n) is 9.35. The molecule has 1 aromatic heterocycles. The summed E-state index contributed by atoms with van der Waals surface area (Å²) in [6, 6.07) is 9.79. The maximum absolute atomic E-state index is 5.79. The minimum Gasteiger partial charge on any atom is -0.399 e. The van der Waals surface area contributed by atoms with Crippen molar-refractivity contribution in [3.63, 3.8) is 0 Å². The molecule has 5 N–H and O–H groups in total. The summed E-state index contributed by atoms with van der Waals surface area (Å²) in [6.45, 7) is 0. The molecule has 0 aliphatic carbocycles. The number of aromatic amines is 1. The second-order valence-corrected chi connectivity index (χ2v) is 4.24. The third-order valence-corrected chi connectivity index (χ3v) is 2.92. The highest BCUT2D eigenvalue weighted by molar-refractivity contribution is 5.62. The van der Waals surface area contributed by atoms with Gasteiger partial charge >= 0.3 is 0 Å². The molecule has 0 saturated heterocycles. The number of nitrogens with two attached hydrogens (primary N) is 2. The molecule has 4 nitrogen and oxygen atoms in total. The van der Waals surface area contributed by atoms with E-state index in [0.717, 1.165) is 34.1 Å². The summed E-state index contributed by atoms with van der Waals surface area (Å²) in [6.07, 6.45) is 2.76. The summed E-state index contributed by atoms with van der Waals surface area (Å²) in [5, 5.41) is 1.99. The Kier molecular flexibility index (Phi) is 2.23. The Morgan fingerprint density at radius 1 is 1.24 bits per heavy atom. The first-order valence-corrected chi connectivity index (χ1v) is 5.61. The average molecular weight is 226 g/mol. The first kappa shape index (κ1) is 10.1. The highest BCUT2D eigenvalue weighted by Crippen LogP contribution is 2.16. The number of fused-ring (bicyclic) bond motifs is 1. The normalized spacial score (nSPS) is 18.1. The van der Waals surface area contributed by atoms with Gasteiger partial charge in [0.1, 0.15) is 6.17 Å². The van der Waals surface area contributed by atoms with E-state index in [2.05, 4.69) is 16.1 Å². The number of anilines is 1. The monoisotopic (exact) mass is 226 g/mol. The molecule has 1 unspecified atom stereocenters. The Bertz CT molecular complexity index is 652. The summed E-state index contributed by atoms with van der Waals surface area (Å²) in [5.74, 6) is 0. The van der Waals surface area contributed by atoms with Crippen LogP contribution in [0.5, 0.6) is 0 Å². The lowest BCUT2D eigenvalue weighted by Gasteiger charge is -2.03. The highest BCUT2D eigenvalue weighted by Gasteiger charge is 2.06. The molecule has 0 saturated carbocycles. The van der Waals surface area contributed by atoms with E-state index in [4.69, 9.17) is 11.5 Å². The van der Waals surface area contributed by atoms with Crippen LogP contribution < -0.4 is 22.2 Å². The molecule has 0 fully saturated rings. The van der Waals surface area contributed by atoms with E-state index < -0.39 is 0 Å². The fraction of sp³-hybridized carbons (Fsp3) is 0.154. The zero-order valence-corrected chi connectivity index (χ0v) is 9.35. The van der Waals surface area contributed by atoms with Crippen molar-refractivity contribution in [2.24, 2.45) is 10.7 Å². The van der Waals surface area contributed by atoms with Gasteiger partial charge in [-0.25, -0.2) is 0 Å². The molecular weight excluding hydrogens is 212 g/mol. The molecule has 1 aliphatic rings. The standard InChI is InChI=1S/C13H14N4/c14-9-3-1-8(2-4-9)11-7-12-10(16-11)5-6-13(15)17-12/h1-5,7,13,16H,6,14-15H2. The van der Waals surface area contributed by atoms with Gasteiger partial charge in [0.2, 0.25) is 0 Å². The number of nitrogens with one attached hydrogen (secondary N) is 1. The number of nitrogen functional groups attached to an aromatic ring is 1. The van der Waals surface area contributed by atoms with E-state index in [-0.39, 0.29) is 6.17 Å². The van der Waals surface area contributed by atoms with Crippen molar-refractivity contribution in [2.75, 3.05) is 5.73 Å². The third kappa shape index (κ3) is 1.83. The predicted octanol–water partition coefficient (Wildman–Crippen LogP) is 0.352. The molecule has 0 radical (unpaired) electrons. The molecule has 0 bridgehead atoms. The van der Waals surface area contributed by atoms with Crippen LogP contribution in [0.1, 0.15) is 6.42 Å². The number of hydrogen-bond donors (Lipinski definition) is 3. The molecule has 17 heavy (non-hydrogen) atoms.